The fourth-order valence-corrected chi connectivity index (χ4v) is 4.76. The van der Waals surface area contributed by atoms with E-state index in [1.165, 1.54) is 18.3 Å². The maximum Gasteiger partial charge on any atom is 0.306 e. The molecule has 1 fully saturated rings. The summed E-state index contributed by atoms with van der Waals surface area (Å²) in [6.45, 7) is 1.46. The molecule has 1 aliphatic heterocycles. The Bertz CT molecular complexity index is 1210. The van der Waals surface area contributed by atoms with Gasteiger partial charge in [-0.1, -0.05) is 35.9 Å². The Morgan fingerprint density at radius 3 is 2.65 bits per heavy atom. The highest BCUT2D eigenvalue weighted by Gasteiger charge is 2.30. The molecule has 3 atom stereocenters. The van der Waals surface area contributed by atoms with E-state index < -0.39 is 23.8 Å². The van der Waals surface area contributed by atoms with Gasteiger partial charge in [0.25, 0.3) is 5.91 Å². The molecule has 3 aromatic rings. The standard InChI is InChI=1S/C26H29ClFN5O4/c27-19-5-6-23(28)22(13-19)17-3-1-16(2-4-17)11-20(30-25(35)24-14-29-32-31-24)12-18(26(36)37)7-9-33-10-8-21(33)15-34/h1-6,13-14,18,20-21,34H,7-12,15H2,(H,30,35)(H,36,37)(H,29,31,32)/t18-,20-,21-/m1/s1. The first-order valence-corrected chi connectivity index (χ1v) is 12.5. The van der Waals surface area contributed by atoms with E-state index in [9.17, 15) is 24.2 Å². The fourth-order valence-electron chi connectivity index (χ4n) is 4.59. The van der Waals surface area contributed by atoms with Gasteiger partial charge >= 0.3 is 5.97 Å². The van der Waals surface area contributed by atoms with E-state index in [1.54, 1.807) is 18.2 Å². The number of benzene rings is 2. The predicted octanol–water partition coefficient (Wildman–Crippen LogP) is 3.15. The number of carboxylic acids is 1. The minimum Gasteiger partial charge on any atom is -0.481 e. The molecule has 9 nitrogen and oxygen atoms in total. The average molecular weight is 530 g/mol. The smallest absolute Gasteiger partial charge is 0.306 e. The minimum absolute atomic E-state index is 0.0587. The highest BCUT2D eigenvalue weighted by atomic mass is 35.5. The number of aromatic amines is 1. The number of carbonyl (C=O) groups excluding carboxylic acids is 1. The third-order valence-corrected chi connectivity index (χ3v) is 7.05. The average Bonchev–Trinajstić information content (AvgIpc) is 3.40. The number of aliphatic carboxylic acids is 1. The van der Waals surface area contributed by atoms with Crippen LogP contribution in [0.25, 0.3) is 11.1 Å². The van der Waals surface area contributed by atoms with E-state index in [4.69, 9.17) is 11.6 Å². The summed E-state index contributed by atoms with van der Waals surface area (Å²) < 4.78 is 14.3. The maximum atomic E-state index is 14.3. The largest absolute Gasteiger partial charge is 0.481 e. The second-order valence-electron chi connectivity index (χ2n) is 9.27. The molecule has 2 heterocycles. The summed E-state index contributed by atoms with van der Waals surface area (Å²) in [5, 5.41) is 32.5. The minimum atomic E-state index is -0.937. The Labute approximate surface area is 218 Å². The number of aromatic nitrogens is 3. The van der Waals surface area contributed by atoms with Gasteiger partial charge < -0.3 is 15.5 Å². The number of carbonyl (C=O) groups is 2. The zero-order valence-electron chi connectivity index (χ0n) is 20.1. The summed E-state index contributed by atoms with van der Waals surface area (Å²) in [6.07, 6.45) is 3.18. The molecule has 1 aromatic heterocycles. The Morgan fingerprint density at radius 1 is 1.24 bits per heavy atom. The fraction of sp³-hybridized carbons (Fsp3) is 0.385. The molecule has 1 aliphatic rings. The van der Waals surface area contributed by atoms with Crippen molar-refractivity contribution in [3.63, 3.8) is 0 Å². The van der Waals surface area contributed by atoms with Crippen LogP contribution in [0, 0.1) is 11.7 Å². The number of rotatable bonds is 12. The van der Waals surface area contributed by atoms with E-state index in [2.05, 4.69) is 25.6 Å². The molecule has 0 saturated carbocycles. The van der Waals surface area contributed by atoms with Gasteiger partial charge in [0.1, 0.15) is 5.82 Å². The molecule has 37 heavy (non-hydrogen) atoms. The van der Waals surface area contributed by atoms with Crippen molar-refractivity contribution in [3.8, 4) is 11.1 Å². The molecular weight excluding hydrogens is 501 g/mol. The number of likely N-dealkylation sites (tertiary alicyclic amines) is 1. The summed E-state index contributed by atoms with van der Waals surface area (Å²) in [5.41, 5.74) is 2.00. The quantitative estimate of drug-likeness (QED) is 0.283. The lowest BCUT2D eigenvalue weighted by atomic mass is 9.91. The molecule has 2 aromatic carbocycles. The van der Waals surface area contributed by atoms with E-state index in [1.807, 2.05) is 12.1 Å². The van der Waals surface area contributed by atoms with E-state index in [0.717, 1.165) is 18.5 Å². The van der Waals surface area contributed by atoms with Crippen molar-refractivity contribution in [1.29, 1.82) is 0 Å². The summed E-state index contributed by atoms with van der Waals surface area (Å²) in [4.78, 5) is 26.9. The number of H-pyrrole nitrogens is 1. The van der Waals surface area contributed by atoms with Crippen molar-refractivity contribution in [2.24, 2.45) is 5.92 Å². The monoisotopic (exact) mass is 529 g/mol. The predicted molar refractivity (Wildman–Crippen MR) is 136 cm³/mol. The molecule has 4 rings (SSSR count). The topological polar surface area (TPSA) is 131 Å². The van der Waals surface area contributed by atoms with E-state index in [0.29, 0.717) is 35.5 Å². The van der Waals surface area contributed by atoms with Crippen LogP contribution in [-0.4, -0.2) is 74.2 Å². The normalized spacial score (nSPS) is 17.1. The van der Waals surface area contributed by atoms with Crippen LogP contribution >= 0.6 is 11.6 Å². The number of amides is 1. The van der Waals surface area contributed by atoms with E-state index >= 15 is 0 Å². The number of nitrogens with one attached hydrogen (secondary N) is 2. The SMILES string of the molecule is O=C(N[C@H](Cc1ccc(-c2cc(Cl)ccc2F)cc1)C[C@@H](CCN1CC[C@@H]1CO)C(=O)O)c1cn[nH]n1. The van der Waals surface area contributed by atoms with Crippen LogP contribution in [0.4, 0.5) is 4.39 Å². The third-order valence-electron chi connectivity index (χ3n) is 6.82. The molecule has 0 bridgehead atoms. The van der Waals surface area contributed by atoms with Gasteiger partial charge in [-0.25, -0.2) is 4.39 Å². The molecule has 0 aliphatic carbocycles. The molecule has 11 heteroatoms. The molecule has 1 saturated heterocycles. The second kappa shape index (κ2) is 12.3. The number of aliphatic hydroxyl groups is 1. The van der Waals surface area contributed by atoms with Crippen LogP contribution in [0.2, 0.25) is 5.02 Å². The lowest BCUT2D eigenvalue weighted by molar-refractivity contribution is -0.142. The van der Waals surface area contributed by atoms with Crippen LogP contribution in [0.1, 0.15) is 35.3 Å². The van der Waals surface area contributed by atoms with Crippen molar-refractivity contribution in [2.75, 3.05) is 19.7 Å². The molecule has 0 radical (unpaired) electrons. The van der Waals surface area contributed by atoms with Gasteiger partial charge in [0.15, 0.2) is 5.69 Å². The molecule has 1 amide bonds. The number of hydrogen-bond acceptors (Lipinski definition) is 6. The highest BCUT2D eigenvalue weighted by Crippen LogP contribution is 2.27. The first-order chi connectivity index (χ1) is 17.8. The highest BCUT2D eigenvalue weighted by molar-refractivity contribution is 6.30. The Hall–Kier alpha value is -3.34. The number of carboxylic acid groups (broad SMARTS) is 1. The van der Waals surface area contributed by atoms with Crippen molar-refractivity contribution >= 4 is 23.5 Å². The summed E-state index contributed by atoms with van der Waals surface area (Å²) >= 11 is 6.02. The molecule has 0 spiro atoms. The Kier molecular flexibility index (Phi) is 8.86. The zero-order chi connectivity index (χ0) is 26.4. The molecule has 0 unspecified atom stereocenters. The molecular formula is C26H29ClFN5O4. The van der Waals surface area contributed by atoms with Gasteiger partial charge in [-0.05, 0) is 61.6 Å². The van der Waals surface area contributed by atoms with Gasteiger partial charge in [0.05, 0.1) is 18.7 Å². The van der Waals surface area contributed by atoms with Crippen LogP contribution in [0.15, 0.2) is 48.7 Å². The first-order valence-electron chi connectivity index (χ1n) is 12.1. The second-order valence-corrected chi connectivity index (χ2v) is 9.71. The van der Waals surface area contributed by atoms with Crippen LogP contribution in [-0.2, 0) is 11.2 Å². The third kappa shape index (κ3) is 6.91. The summed E-state index contributed by atoms with van der Waals surface area (Å²) in [5.74, 6) is -2.47. The number of hydrogen-bond donors (Lipinski definition) is 4. The van der Waals surface area contributed by atoms with E-state index in [-0.39, 0.29) is 30.6 Å². The first kappa shape index (κ1) is 26.7. The van der Waals surface area contributed by atoms with Crippen molar-refractivity contribution < 1.29 is 24.2 Å². The van der Waals surface area contributed by atoms with Gasteiger partial charge in [-0.2, -0.15) is 15.4 Å². The summed E-state index contributed by atoms with van der Waals surface area (Å²) in [7, 11) is 0. The number of nitrogens with zero attached hydrogens (tertiary/aromatic N) is 3. The lowest BCUT2D eigenvalue weighted by Gasteiger charge is -2.40. The van der Waals surface area contributed by atoms with Crippen LogP contribution < -0.4 is 5.32 Å². The van der Waals surface area contributed by atoms with Crippen LogP contribution in [0.5, 0.6) is 0 Å². The van der Waals surface area contributed by atoms with Gasteiger partial charge in [-0.15, -0.1) is 0 Å². The van der Waals surface area contributed by atoms with Crippen molar-refractivity contribution in [1.82, 2.24) is 25.6 Å². The van der Waals surface area contributed by atoms with Gasteiger partial charge in [0, 0.05) is 29.2 Å². The Balaban J connectivity index is 1.48. The van der Waals surface area contributed by atoms with Crippen molar-refractivity contribution in [2.45, 2.75) is 37.8 Å². The van der Waals surface area contributed by atoms with Crippen LogP contribution in [0.3, 0.4) is 0 Å². The molecule has 4 N–H and O–H groups in total. The number of aliphatic hydroxyl groups excluding tert-OH is 1. The maximum absolute atomic E-state index is 14.3. The Morgan fingerprint density at radius 2 is 2.03 bits per heavy atom. The van der Waals surface area contributed by atoms with Gasteiger partial charge in [0.2, 0.25) is 0 Å². The van der Waals surface area contributed by atoms with Crippen molar-refractivity contribution in [3.05, 3.63) is 70.8 Å². The number of halogens is 2. The van der Waals surface area contributed by atoms with Gasteiger partial charge in [-0.3, -0.25) is 14.5 Å². The summed E-state index contributed by atoms with van der Waals surface area (Å²) in [6, 6.07) is 11.1. The molecule has 196 valence electrons. The lowest BCUT2D eigenvalue weighted by Crippen LogP contribution is -2.50. The zero-order valence-corrected chi connectivity index (χ0v) is 20.9.